The fourth-order valence-corrected chi connectivity index (χ4v) is 6.63. The summed E-state index contributed by atoms with van der Waals surface area (Å²) < 4.78 is 13.8. The van der Waals surface area contributed by atoms with Gasteiger partial charge < -0.3 is 19.1 Å². The second-order valence-electron chi connectivity index (χ2n) is 10.7. The summed E-state index contributed by atoms with van der Waals surface area (Å²) >= 11 is 0. The molecule has 0 spiro atoms. The third-order valence-electron chi connectivity index (χ3n) is 8.65. The van der Waals surface area contributed by atoms with Crippen LogP contribution in [0.25, 0.3) is 0 Å². The predicted molar refractivity (Wildman–Crippen MR) is 131 cm³/mol. The van der Waals surface area contributed by atoms with E-state index in [-0.39, 0.29) is 6.10 Å². The van der Waals surface area contributed by atoms with Gasteiger partial charge in [-0.1, -0.05) is 61.4 Å². The molecule has 178 valence electrons. The van der Waals surface area contributed by atoms with Gasteiger partial charge in [0.1, 0.15) is 24.0 Å². The van der Waals surface area contributed by atoms with Crippen LogP contribution in [0.1, 0.15) is 50.5 Å². The third kappa shape index (κ3) is 5.13. The van der Waals surface area contributed by atoms with Gasteiger partial charge in [0.25, 0.3) is 0 Å². The van der Waals surface area contributed by atoms with Gasteiger partial charge >= 0.3 is 0 Å². The number of rotatable bonds is 10. The molecule has 3 saturated heterocycles. The molecule has 4 aliphatic rings. The van der Waals surface area contributed by atoms with E-state index < -0.39 is 5.60 Å². The first-order valence-electron chi connectivity index (χ1n) is 13.1. The molecule has 1 aliphatic carbocycles. The molecule has 6 rings (SSSR count). The molecule has 4 fully saturated rings. The molecule has 0 radical (unpaired) electrons. The minimum absolute atomic E-state index is 0.263. The normalized spacial score (nSPS) is 29.1. The maximum Gasteiger partial charge on any atom is 0.119 e. The first-order valence-corrected chi connectivity index (χ1v) is 13.1. The number of aliphatic hydroxyl groups is 1. The minimum atomic E-state index is -0.863. The molecule has 4 heteroatoms. The Morgan fingerprint density at radius 2 is 1.55 bits per heavy atom. The lowest BCUT2D eigenvalue weighted by atomic mass is 9.80. The van der Waals surface area contributed by atoms with E-state index in [0.717, 1.165) is 54.8 Å². The van der Waals surface area contributed by atoms with E-state index in [2.05, 4.69) is 12.1 Å². The molecule has 3 aliphatic heterocycles. The summed E-state index contributed by atoms with van der Waals surface area (Å²) in [7, 11) is 0. The van der Waals surface area contributed by atoms with Gasteiger partial charge in [0, 0.05) is 25.2 Å². The van der Waals surface area contributed by atoms with Gasteiger partial charge in [-0.15, -0.1) is 0 Å². The van der Waals surface area contributed by atoms with Crippen LogP contribution in [0.5, 0.6) is 5.75 Å². The zero-order chi connectivity index (χ0) is 22.6. The number of ether oxygens (including phenoxy) is 2. The summed E-state index contributed by atoms with van der Waals surface area (Å²) in [4.78, 5) is 0. The number of hydrogen-bond acceptors (Lipinski definition) is 3. The van der Waals surface area contributed by atoms with Crippen LogP contribution in [-0.2, 0) is 10.3 Å². The Labute approximate surface area is 199 Å². The monoisotopic (exact) mass is 450 g/mol. The van der Waals surface area contributed by atoms with E-state index in [1.165, 1.54) is 38.8 Å². The molecule has 2 aromatic carbocycles. The predicted octanol–water partition coefficient (Wildman–Crippen LogP) is 5.16. The van der Waals surface area contributed by atoms with E-state index in [9.17, 15) is 5.11 Å². The first-order chi connectivity index (χ1) is 16.2. The molecular formula is C29H40NO3+. The van der Waals surface area contributed by atoms with Crippen molar-refractivity contribution in [2.45, 2.75) is 56.7 Å². The summed E-state index contributed by atoms with van der Waals surface area (Å²) in [5.74, 6) is 1.91. The van der Waals surface area contributed by atoms with Crippen molar-refractivity contribution in [2.75, 3.05) is 39.4 Å². The standard InChI is InChI=1S/C29H40NO3/c31-29(26-12-7-8-13-26,25-10-3-1-4-11-25)23-33-28-22-30(19-16-24(28)17-20-30)18-9-21-32-27-14-5-2-6-15-27/h1-6,10-11,14-15,24,26,28,31H,7-9,12-13,16-23H2/q+1/t24?,28-,29?,30?/m1/s1. The Morgan fingerprint density at radius 1 is 0.879 bits per heavy atom. The molecule has 4 nitrogen and oxygen atoms in total. The van der Waals surface area contributed by atoms with Gasteiger partial charge in [0.2, 0.25) is 0 Å². The van der Waals surface area contributed by atoms with Crippen molar-refractivity contribution in [3.63, 3.8) is 0 Å². The van der Waals surface area contributed by atoms with Crippen LogP contribution in [0.3, 0.4) is 0 Å². The number of fused-ring (bicyclic) bond motifs is 3. The molecule has 1 unspecified atom stereocenters. The van der Waals surface area contributed by atoms with Crippen molar-refractivity contribution in [1.29, 1.82) is 0 Å². The molecule has 2 atom stereocenters. The van der Waals surface area contributed by atoms with Crippen LogP contribution in [0, 0.1) is 11.8 Å². The van der Waals surface area contributed by atoms with Crippen LogP contribution in [0.15, 0.2) is 60.7 Å². The average molecular weight is 451 g/mol. The fraction of sp³-hybridized carbons (Fsp3) is 0.586. The van der Waals surface area contributed by atoms with Gasteiger partial charge in [-0.2, -0.15) is 0 Å². The lowest BCUT2D eigenvalue weighted by molar-refractivity contribution is -0.946. The summed E-state index contributed by atoms with van der Waals surface area (Å²) in [6.45, 7) is 5.98. The minimum Gasteiger partial charge on any atom is -0.493 e. The lowest BCUT2D eigenvalue weighted by Crippen LogP contribution is -2.65. The second-order valence-corrected chi connectivity index (χ2v) is 10.7. The number of para-hydroxylation sites is 1. The van der Waals surface area contributed by atoms with Gasteiger partial charge in [-0.25, -0.2) is 0 Å². The van der Waals surface area contributed by atoms with E-state index in [4.69, 9.17) is 9.47 Å². The number of piperidine rings is 3. The van der Waals surface area contributed by atoms with Crippen LogP contribution < -0.4 is 4.74 Å². The first kappa shape index (κ1) is 22.9. The maximum atomic E-state index is 11.9. The van der Waals surface area contributed by atoms with Crippen LogP contribution in [-0.4, -0.2) is 55.1 Å². The topological polar surface area (TPSA) is 38.7 Å². The van der Waals surface area contributed by atoms with Gasteiger partial charge in [-0.05, 0) is 36.5 Å². The maximum absolute atomic E-state index is 11.9. The molecular weight excluding hydrogens is 410 g/mol. The van der Waals surface area contributed by atoms with E-state index in [0.29, 0.717) is 18.4 Å². The van der Waals surface area contributed by atoms with Crippen molar-refractivity contribution in [2.24, 2.45) is 11.8 Å². The van der Waals surface area contributed by atoms with E-state index in [1.807, 2.05) is 48.5 Å². The second kappa shape index (κ2) is 10.2. The summed E-state index contributed by atoms with van der Waals surface area (Å²) in [5.41, 5.74) is 0.165. The van der Waals surface area contributed by atoms with Gasteiger partial charge in [0.05, 0.1) is 32.8 Å². The van der Waals surface area contributed by atoms with Gasteiger partial charge in [0.15, 0.2) is 0 Å². The van der Waals surface area contributed by atoms with E-state index in [1.54, 1.807) is 0 Å². The third-order valence-corrected chi connectivity index (χ3v) is 8.65. The van der Waals surface area contributed by atoms with Crippen LogP contribution in [0.2, 0.25) is 0 Å². The quantitative estimate of drug-likeness (QED) is 0.401. The zero-order valence-electron chi connectivity index (χ0n) is 19.9. The van der Waals surface area contributed by atoms with E-state index >= 15 is 0 Å². The Balaban J connectivity index is 1.19. The number of benzene rings is 2. The van der Waals surface area contributed by atoms with Gasteiger partial charge in [-0.3, -0.25) is 0 Å². The number of nitrogens with zero attached hydrogens (tertiary/aromatic N) is 1. The molecule has 33 heavy (non-hydrogen) atoms. The van der Waals surface area contributed by atoms with Crippen LogP contribution in [0.4, 0.5) is 0 Å². The highest BCUT2D eigenvalue weighted by molar-refractivity contribution is 5.24. The summed E-state index contributed by atoms with van der Waals surface area (Å²) in [6, 6.07) is 20.4. The molecule has 0 amide bonds. The number of quaternary nitrogens is 1. The zero-order valence-corrected chi connectivity index (χ0v) is 19.9. The Morgan fingerprint density at radius 3 is 2.24 bits per heavy atom. The lowest BCUT2D eigenvalue weighted by Gasteiger charge is -2.53. The molecule has 0 aromatic heterocycles. The SMILES string of the molecule is OC(CO[C@@H]1C[N+]2(CCCOc3ccccc3)CCC1CC2)(c1ccccc1)C1CCCC1. The summed E-state index contributed by atoms with van der Waals surface area (Å²) in [5, 5.41) is 11.9. The van der Waals surface area contributed by atoms with Crippen molar-refractivity contribution in [1.82, 2.24) is 0 Å². The van der Waals surface area contributed by atoms with Crippen molar-refractivity contribution < 1.29 is 19.1 Å². The van der Waals surface area contributed by atoms with Crippen LogP contribution >= 0.6 is 0 Å². The van der Waals surface area contributed by atoms with Crippen molar-refractivity contribution in [3.05, 3.63) is 66.2 Å². The van der Waals surface area contributed by atoms with Crippen molar-refractivity contribution in [3.8, 4) is 5.75 Å². The molecule has 2 aromatic rings. The number of hydrogen-bond donors (Lipinski definition) is 1. The molecule has 1 N–H and O–H groups in total. The van der Waals surface area contributed by atoms with Crippen molar-refractivity contribution >= 4 is 0 Å². The highest BCUT2D eigenvalue weighted by atomic mass is 16.5. The Bertz CT molecular complexity index is 859. The molecule has 1 saturated carbocycles. The Hall–Kier alpha value is -1.88. The largest absolute Gasteiger partial charge is 0.493 e. The summed E-state index contributed by atoms with van der Waals surface area (Å²) in [6.07, 6.45) is 8.47. The highest BCUT2D eigenvalue weighted by Crippen LogP contribution is 2.42. The molecule has 3 heterocycles. The Kier molecular flexibility index (Phi) is 7.05. The average Bonchev–Trinajstić information content (AvgIpc) is 3.43. The molecule has 2 bridgehead atoms. The fourth-order valence-electron chi connectivity index (χ4n) is 6.63. The smallest absolute Gasteiger partial charge is 0.119 e. The highest BCUT2D eigenvalue weighted by Gasteiger charge is 2.48.